The summed E-state index contributed by atoms with van der Waals surface area (Å²) in [6.07, 6.45) is 0.0243. The van der Waals surface area contributed by atoms with Crippen LogP contribution in [0.5, 0.6) is 0 Å². The Balaban J connectivity index is 1.75. The summed E-state index contributed by atoms with van der Waals surface area (Å²) in [6, 6.07) is 5.63. The molecule has 2 heterocycles. The summed E-state index contributed by atoms with van der Waals surface area (Å²) in [6.45, 7) is 0.0617. The van der Waals surface area contributed by atoms with Gasteiger partial charge in [0.2, 0.25) is 0 Å². The highest BCUT2D eigenvalue weighted by Gasteiger charge is 2.43. The molecule has 3 rings (SSSR count). The first-order valence-electron chi connectivity index (χ1n) is 8.06. The number of halogens is 2. The minimum Gasteiger partial charge on any atom is -0.356 e. The molecule has 8 nitrogen and oxygen atoms in total. The molecular formula is C16H17ClFN3O5S. The normalized spacial score (nSPS) is 18.2. The van der Waals surface area contributed by atoms with Crippen molar-refractivity contribution < 1.29 is 27.3 Å². The van der Waals surface area contributed by atoms with Gasteiger partial charge in [0.05, 0.1) is 22.8 Å². The van der Waals surface area contributed by atoms with Gasteiger partial charge in [-0.1, -0.05) is 16.8 Å². The summed E-state index contributed by atoms with van der Waals surface area (Å²) >= 11 is 5.73. The lowest BCUT2D eigenvalue weighted by molar-refractivity contribution is -0.136. The van der Waals surface area contributed by atoms with Gasteiger partial charge in [-0.25, -0.2) is 18.3 Å². The second-order valence-electron chi connectivity index (χ2n) is 6.34. The lowest BCUT2D eigenvalue weighted by atomic mass is 9.91. The summed E-state index contributed by atoms with van der Waals surface area (Å²) < 4.78 is 42.4. The van der Waals surface area contributed by atoms with Gasteiger partial charge in [0.15, 0.2) is 5.76 Å². The van der Waals surface area contributed by atoms with Gasteiger partial charge >= 0.3 is 0 Å². The second-order valence-corrected chi connectivity index (χ2v) is 9.08. The van der Waals surface area contributed by atoms with Gasteiger partial charge in [-0.15, -0.1) is 0 Å². The molecule has 3 N–H and O–H groups in total. The highest BCUT2D eigenvalue weighted by Crippen LogP contribution is 2.27. The maximum atomic E-state index is 14.0. The number of nitrogens with one attached hydrogen (secondary N) is 2. The Bertz CT molecular complexity index is 949. The molecule has 1 aliphatic rings. The van der Waals surface area contributed by atoms with E-state index >= 15 is 0 Å². The monoisotopic (exact) mass is 417 g/mol. The molecule has 1 amide bonds. The molecule has 1 aromatic heterocycles. The molecule has 1 aromatic carbocycles. The van der Waals surface area contributed by atoms with Gasteiger partial charge in [0, 0.05) is 17.6 Å². The fourth-order valence-electron chi connectivity index (χ4n) is 2.95. The maximum absolute atomic E-state index is 14.0. The van der Waals surface area contributed by atoms with Crippen molar-refractivity contribution in [3.05, 3.63) is 40.8 Å². The number of hydrogen-bond donors (Lipinski definition) is 3. The van der Waals surface area contributed by atoms with Crippen LogP contribution in [0.3, 0.4) is 0 Å². The van der Waals surface area contributed by atoms with E-state index in [-0.39, 0.29) is 47.2 Å². The van der Waals surface area contributed by atoms with Crippen molar-refractivity contribution in [1.29, 1.82) is 0 Å². The van der Waals surface area contributed by atoms with Crippen molar-refractivity contribution in [3.63, 3.8) is 0 Å². The molecule has 0 radical (unpaired) electrons. The van der Waals surface area contributed by atoms with Crippen LogP contribution in [-0.2, 0) is 21.2 Å². The van der Waals surface area contributed by atoms with Crippen LogP contribution in [-0.4, -0.2) is 41.7 Å². The Morgan fingerprint density at radius 2 is 2.04 bits per heavy atom. The Kier molecular flexibility index (Phi) is 5.52. The van der Waals surface area contributed by atoms with E-state index in [1.165, 1.54) is 18.2 Å². The standard InChI is InChI=1S/C16H17ClFN3O5S/c17-10-1-2-12(13(18)7-10)14-8-11(21-26-14)9-19-16(15(22)20-23)3-5-27(24,25)6-4-16/h1-2,7-8,19,23H,3-6,9H2,(H,20,22). The van der Waals surface area contributed by atoms with Crippen molar-refractivity contribution >= 4 is 27.3 Å². The van der Waals surface area contributed by atoms with Crippen LogP contribution >= 0.6 is 11.6 Å². The summed E-state index contributed by atoms with van der Waals surface area (Å²) in [7, 11) is -3.21. The van der Waals surface area contributed by atoms with Crippen LogP contribution in [0.2, 0.25) is 5.02 Å². The van der Waals surface area contributed by atoms with Crippen LogP contribution in [0.15, 0.2) is 28.8 Å². The first kappa shape index (κ1) is 19.7. The van der Waals surface area contributed by atoms with Gasteiger partial charge in [-0.3, -0.25) is 15.3 Å². The minimum atomic E-state index is -3.21. The molecular weight excluding hydrogens is 401 g/mol. The number of hydrogen-bond acceptors (Lipinski definition) is 7. The molecule has 1 saturated heterocycles. The van der Waals surface area contributed by atoms with Crippen LogP contribution in [0.25, 0.3) is 11.3 Å². The van der Waals surface area contributed by atoms with Gasteiger partial charge in [-0.05, 0) is 31.0 Å². The second kappa shape index (κ2) is 7.55. The van der Waals surface area contributed by atoms with E-state index in [1.807, 2.05) is 0 Å². The number of carbonyl (C=O) groups excluding carboxylic acids is 1. The van der Waals surface area contributed by atoms with Crippen molar-refractivity contribution in [2.24, 2.45) is 0 Å². The third-order valence-corrected chi connectivity index (χ3v) is 6.47. The quantitative estimate of drug-likeness (QED) is 0.499. The highest BCUT2D eigenvalue weighted by molar-refractivity contribution is 7.91. The first-order valence-corrected chi connectivity index (χ1v) is 10.3. The Hall–Kier alpha value is -2.01. The zero-order valence-electron chi connectivity index (χ0n) is 14.0. The summed E-state index contributed by atoms with van der Waals surface area (Å²) in [4.78, 5) is 12.1. The molecule has 1 aliphatic heterocycles. The molecule has 11 heteroatoms. The number of hydroxylamine groups is 1. The van der Waals surface area contributed by atoms with Crippen LogP contribution in [0.1, 0.15) is 18.5 Å². The molecule has 27 heavy (non-hydrogen) atoms. The predicted octanol–water partition coefficient (Wildman–Crippen LogP) is 1.68. The molecule has 2 aromatic rings. The maximum Gasteiger partial charge on any atom is 0.263 e. The number of rotatable bonds is 5. The fourth-order valence-corrected chi connectivity index (χ4v) is 4.63. The van der Waals surface area contributed by atoms with Crippen LogP contribution in [0, 0.1) is 5.82 Å². The Morgan fingerprint density at radius 1 is 1.33 bits per heavy atom. The van der Waals surface area contributed by atoms with E-state index in [9.17, 15) is 17.6 Å². The third kappa shape index (κ3) is 4.29. The molecule has 0 spiro atoms. The van der Waals surface area contributed by atoms with Gasteiger partial charge < -0.3 is 4.52 Å². The average Bonchev–Trinajstić information content (AvgIpc) is 3.09. The van der Waals surface area contributed by atoms with Crippen molar-refractivity contribution in [1.82, 2.24) is 16.0 Å². The highest BCUT2D eigenvalue weighted by atomic mass is 35.5. The van der Waals surface area contributed by atoms with E-state index in [2.05, 4.69) is 10.5 Å². The van der Waals surface area contributed by atoms with Crippen LogP contribution < -0.4 is 10.8 Å². The summed E-state index contributed by atoms with van der Waals surface area (Å²) in [5.41, 5.74) is 0.907. The summed E-state index contributed by atoms with van der Waals surface area (Å²) in [5.74, 6) is -1.44. The largest absolute Gasteiger partial charge is 0.356 e. The third-order valence-electron chi connectivity index (χ3n) is 4.58. The van der Waals surface area contributed by atoms with E-state index in [4.69, 9.17) is 21.3 Å². The van der Waals surface area contributed by atoms with E-state index < -0.39 is 27.1 Å². The number of amides is 1. The fraction of sp³-hybridized carbons (Fsp3) is 0.375. The smallest absolute Gasteiger partial charge is 0.263 e. The van der Waals surface area contributed by atoms with Crippen LogP contribution in [0.4, 0.5) is 4.39 Å². The Morgan fingerprint density at radius 3 is 2.67 bits per heavy atom. The van der Waals surface area contributed by atoms with Crippen molar-refractivity contribution in [3.8, 4) is 11.3 Å². The zero-order chi connectivity index (χ0) is 19.7. The number of sulfone groups is 1. The first-order chi connectivity index (χ1) is 12.7. The van der Waals surface area contributed by atoms with E-state index in [0.717, 1.165) is 6.07 Å². The van der Waals surface area contributed by atoms with Gasteiger partial charge in [0.25, 0.3) is 5.91 Å². The molecule has 0 atom stereocenters. The molecule has 0 bridgehead atoms. The van der Waals surface area contributed by atoms with Gasteiger partial charge in [-0.2, -0.15) is 0 Å². The van der Waals surface area contributed by atoms with Gasteiger partial charge in [0.1, 0.15) is 21.2 Å². The molecule has 0 saturated carbocycles. The Labute approximate surface area is 159 Å². The lowest BCUT2D eigenvalue weighted by Gasteiger charge is -2.35. The SMILES string of the molecule is O=C(NO)C1(NCc2cc(-c3ccc(Cl)cc3F)on2)CCS(=O)(=O)CC1. The molecule has 1 fully saturated rings. The van der Waals surface area contributed by atoms with E-state index in [0.29, 0.717) is 5.69 Å². The zero-order valence-corrected chi connectivity index (χ0v) is 15.6. The molecule has 0 aliphatic carbocycles. The number of aromatic nitrogens is 1. The van der Waals surface area contributed by atoms with Crippen molar-refractivity contribution in [2.75, 3.05) is 11.5 Å². The lowest BCUT2D eigenvalue weighted by Crippen LogP contribution is -2.59. The van der Waals surface area contributed by atoms with E-state index in [1.54, 1.807) is 5.48 Å². The van der Waals surface area contributed by atoms with Crippen molar-refractivity contribution in [2.45, 2.75) is 24.9 Å². The molecule has 146 valence electrons. The predicted molar refractivity (Wildman–Crippen MR) is 94.3 cm³/mol. The topological polar surface area (TPSA) is 122 Å². The number of benzene rings is 1. The minimum absolute atomic E-state index is 0.0122. The number of carbonyl (C=O) groups is 1. The molecule has 0 unspecified atom stereocenters. The summed E-state index contributed by atoms with van der Waals surface area (Å²) in [5, 5.41) is 16.1. The number of nitrogens with zero attached hydrogens (tertiary/aromatic N) is 1. The average molecular weight is 418 g/mol.